The van der Waals surface area contributed by atoms with Gasteiger partial charge >= 0.3 is 0 Å². The van der Waals surface area contributed by atoms with Crippen molar-refractivity contribution in [3.05, 3.63) is 42.0 Å². The van der Waals surface area contributed by atoms with Gasteiger partial charge in [0.1, 0.15) is 0 Å². The van der Waals surface area contributed by atoms with Gasteiger partial charge in [-0.1, -0.05) is 42.5 Å². The fourth-order valence-corrected chi connectivity index (χ4v) is 5.31. The lowest BCUT2D eigenvalue weighted by molar-refractivity contribution is -0.122. The summed E-state index contributed by atoms with van der Waals surface area (Å²) < 4.78 is 6.48. The molecule has 4 atom stereocenters. The summed E-state index contributed by atoms with van der Waals surface area (Å²) in [4.78, 5) is 14.6. The molecule has 1 N–H and O–H groups in total. The van der Waals surface area contributed by atoms with E-state index in [9.17, 15) is 4.79 Å². The zero-order chi connectivity index (χ0) is 17.6. The van der Waals surface area contributed by atoms with Crippen molar-refractivity contribution >= 4 is 12.0 Å². The Bertz CT molecular complexity index is 699. The Morgan fingerprint density at radius 2 is 2.12 bits per heavy atom. The highest BCUT2D eigenvalue weighted by atomic mass is 16.5. The molecule has 1 aromatic carbocycles. The predicted octanol–water partition coefficient (Wildman–Crippen LogP) is 2.71. The van der Waals surface area contributed by atoms with Gasteiger partial charge in [0.25, 0.3) is 0 Å². The number of amides is 1. The molecule has 3 aliphatic heterocycles. The van der Waals surface area contributed by atoms with E-state index in [1.807, 2.05) is 6.07 Å². The highest BCUT2D eigenvalue weighted by molar-refractivity contribution is 5.80. The number of hydrogen-bond donors (Lipinski definition) is 1. The van der Waals surface area contributed by atoms with E-state index in [0.717, 1.165) is 45.4 Å². The van der Waals surface area contributed by atoms with Gasteiger partial charge < -0.3 is 10.1 Å². The molecule has 0 aromatic heterocycles. The maximum Gasteiger partial charge on any atom is 0.223 e. The van der Waals surface area contributed by atoms with Gasteiger partial charge in [-0.15, -0.1) is 0 Å². The SMILES string of the molecule is O=C(NC[C@H]1[C@H]2CN(CC=Cc3ccccc3)C[C@]23CC[C@H]1O3)C1CC1. The van der Waals surface area contributed by atoms with Crippen molar-refractivity contribution in [2.24, 2.45) is 17.8 Å². The van der Waals surface area contributed by atoms with Crippen LogP contribution in [0.4, 0.5) is 0 Å². The van der Waals surface area contributed by atoms with Gasteiger partial charge in [-0.2, -0.15) is 0 Å². The molecule has 4 heteroatoms. The number of benzene rings is 1. The molecule has 1 aliphatic carbocycles. The first-order valence-electron chi connectivity index (χ1n) is 10.1. The van der Waals surface area contributed by atoms with Crippen LogP contribution in [-0.2, 0) is 9.53 Å². The van der Waals surface area contributed by atoms with Crippen LogP contribution in [0.1, 0.15) is 31.2 Å². The summed E-state index contributed by atoms with van der Waals surface area (Å²) in [5.41, 5.74) is 1.31. The van der Waals surface area contributed by atoms with Crippen LogP contribution >= 0.6 is 0 Å². The van der Waals surface area contributed by atoms with Crippen LogP contribution in [0.3, 0.4) is 0 Å². The molecule has 4 fully saturated rings. The lowest BCUT2D eigenvalue weighted by atomic mass is 9.73. The van der Waals surface area contributed by atoms with Crippen LogP contribution in [0.25, 0.3) is 6.08 Å². The summed E-state index contributed by atoms with van der Waals surface area (Å²) in [5.74, 6) is 1.63. The van der Waals surface area contributed by atoms with Gasteiger partial charge in [0.05, 0.1) is 11.7 Å². The Kier molecular flexibility index (Phi) is 4.13. The van der Waals surface area contributed by atoms with E-state index in [2.05, 4.69) is 46.6 Å². The molecule has 1 saturated carbocycles. The second kappa shape index (κ2) is 6.50. The Balaban J connectivity index is 1.20. The molecule has 1 amide bonds. The van der Waals surface area contributed by atoms with Crippen LogP contribution in [0.5, 0.6) is 0 Å². The average Bonchev–Trinajstić information content (AvgIpc) is 3.25. The number of nitrogens with zero attached hydrogens (tertiary/aromatic N) is 1. The first-order valence-corrected chi connectivity index (χ1v) is 10.1. The summed E-state index contributed by atoms with van der Waals surface area (Å²) in [6.45, 7) is 3.92. The topological polar surface area (TPSA) is 41.6 Å². The molecule has 0 unspecified atom stereocenters. The van der Waals surface area contributed by atoms with Crippen molar-refractivity contribution in [1.29, 1.82) is 0 Å². The number of ether oxygens (including phenoxy) is 1. The largest absolute Gasteiger partial charge is 0.370 e. The minimum absolute atomic E-state index is 0.0558. The monoisotopic (exact) mass is 352 g/mol. The summed E-state index contributed by atoms with van der Waals surface area (Å²) in [6, 6.07) is 10.5. The molecular weight excluding hydrogens is 324 g/mol. The molecule has 3 heterocycles. The maximum absolute atomic E-state index is 12.0. The molecule has 1 spiro atoms. The van der Waals surface area contributed by atoms with Crippen LogP contribution in [0.2, 0.25) is 0 Å². The van der Waals surface area contributed by atoms with E-state index in [1.165, 1.54) is 12.0 Å². The molecule has 5 rings (SSSR count). The molecule has 26 heavy (non-hydrogen) atoms. The van der Waals surface area contributed by atoms with E-state index in [1.54, 1.807) is 0 Å². The van der Waals surface area contributed by atoms with Gasteiger partial charge in [-0.25, -0.2) is 0 Å². The summed E-state index contributed by atoms with van der Waals surface area (Å²) in [6.07, 6.45) is 9.33. The first kappa shape index (κ1) is 16.5. The maximum atomic E-state index is 12.0. The lowest BCUT2D eigenvalue weighted by Gasteiger charge is -2.29. The average molecular weight is 352 g/mol. The fraction of sp³-hybridized carbons (Fsp3) is 0.591. The Labute approximate surface area is 155 Å². The Hall–Kier alpha value is -1.65. The highest BCUT2D eigenvalue weighted by Crippen LogP contribution is 2.54. The predicted molar refractivity (Wildman–Crippen MR) is 101 cm³/mol. The van der Waals surface area contributed by atoms with E-state index in [0.29, 0.717) is 23.9 Å². The van der Waals surface area contributed by atoms with E-state index < -0.39 is 0 Å². The number of hydrogen-bond acceptors (Lipinski definition) is 3. The van der Waals surface area contributed by atoms with Crippen LogP contribution in [0, 0.1) is 17.8 Å². The van der Waals surface area contributed by atoms with Gasteiger partial charge in [0.15, 0.2) is 0 Å². The van der Waals surface area contributed by atoms with E-state index in [-0.39, 0.29) is 11.5 Å². The van der Waals surface area contributed by atoms with Crippen molar-refractivity contribution in [3.63, 3.8) is 0 Å². The number of carbonyl (C=O) groups is 1. The third kappa shape index (κ3) is 2.99. The van der Waals surface area contributed by atoms with Crippen LogP contribution in [-0.4, -0.2) is 48.7 Å². The number of likely N-dealkylation sites (tertiary alicyclic amines) is 1. The third-order valence-corrected chi connectivity index (χ3v) is 6.79. The standard InChI is InChI=1S/C22H28N2O2/c25-21(17-8-9-17)23-13-18-19-14-24(15-22(19)11-10-20(18)26-22)12-4-7-16-5-2-1-3-6-16/h1-7,17-20H,8-15H2,(H,23,25)/t18-,19+,20+,22+/m0/s1. The van der Waals surface area contributed by atoms with Crippen molar-refractivity contribution in [2.45, 2.75) is 37.4 Å². The summed E-state index contributed by atoms with van der Waals surface area (Å²) in [5, 5.41) is 3.21. The number of nitrogens with one attached hydrogen (secondary N) is 1. The molecule has 2 bridgehead atoms. The summed E-state index contributed by atoms with van der Waals surface area (Å²) in [7, 11) is 0. The molecule has 4 aliphatic rings. The van der Waals surface area contributed by atoms with Gasteiger partial charge in [-0.3, -0.25) is 9.69 Å². The first-order chi connectivity index (χ1) is 12.7. The highest BCUT2D eigenvalue weighted by Gasteiger charge is 2.62. The molecule has 3 saturated heterocycles. The second-order valence-electron chi connectivity index (χ2n) is 8.56. The number of rotatable bonds is 6. The fourth-order valence-electron chi connectivity index (χ4n) is 5.31. The Morgan fingerprint density at radius 1 is 1.27 bits per heavy atom. The molecule has 1 aromatic rings. The number of carbonyl (C=O) groups excluding carboxylic acids is 1. The minimum atomic E-state index is 0.0558. The van der Waals surface area contributed by atoms with Gasteiger partial charge in [0.2, 0.25) is 5.91 Å². The van der Waals surface area contributed by atoms with Crippen molar-refractivity contribution in [2.75, 3.05) is 26.2 Å². The zero-order valence-corrected chi connectivity index (χ0v) is 15.3. The molecular formula is C22H28N2O2. The third-order valence-electron chi connectivity index (χ3n) is 6.79. The minimum Gasteiger partial charge on any atom is -0.370 e. The van der Waals surface area contributed by atoms with E-state index in [4.69, 9.17) is 4.74 Å². The lowest BCUT2D eigenvalue weighted by Crippen LogP contribution is -2.42. The second-order valence-corrected chi connectivity index (χ2v) is 8.56. The normalized spacial score (nSPS) is 35.9. The van der Waals surface area contributed by atoms with Gasteiger partial charge in [-0.05, 0) is 31.2 Å². The number of fused-ring (bicyclic) bond motifs is 1. The van der Waals surface area contributed by atoms with E-state index >= 15 is 0 Å². The van der Waals surface area contributed by atoms with Crippen LogP contribution < -0.4 is 5.32 Å². The molecule has 0 radical (unpaired) electrons. The molecule has 138 valence electrons. The van der Waals surface area contributed by atoms with Crippen molar-refractivity contribution < 1.29 is 9.53 Å². The smallest absolute Gasteiger partial charge is 0.223 e. The van der Waals surface area contributed by atoms with Crippen molar-refractivity contribution in [3.8, 4) is 0 Å². The Morgan fingerprint density at radius 3 is 2.92 bits per heavy atom. The van der Waals surface area contributed by atoms with Crippen molar-refractivity contribution in [1.82, 2.24) is 10.2 Å². The van der Waals surface area contributed by atoms with Gasteiger partial charge in [0, 0.05) is 43.9 Å². The van der Waals surface area contributed by atoms with Crippen LogP contribution in [0.15, 0.2) is 36.4 Å². The summed E-state index contributed by atoms with van der Waals surface area (Å²) >= 11 is 0. The zero-order valence-electron chi connectivity index (χ0n) is 15.3. The molecule has 4 nitrogen and oxygen atoms in total. The quantitative estimate of drug-likeness (QED) is 0.856.